The van der Waals surface area contributed by atoms with Crippen molar-refractivity contribution in [3.63, 3.8) is 0 Å². The van der Waals surface area contributed by atoms with Gasteiger partial charge < -0.3 is 4.90 Å². The summed E-state index contributed by atoms with van der Waals surface area (Å²) in [6.07, 6.45) is 1.93. The zero-order valence-corrected chi connectivity index (χ0v) is 13.1. The SMILES string of the molecule is CC(C)(C)CCCN1C(=O)C(=O)c2cc(Br)ccc21. The van der Waals surface area contributed by atoms with Crippen molar-refractivity contribution in [2.75, 3.05) is 11.4 Å². The van der Waals surface area contributed by atoms with Crippen LogP contribution in [0.4, 0.5) is 5.69 Å². The van der Waals surface area contributed by atoms with Crippen molar-refractivity contribution in [2.45, 2.75) is 33.6 Å². The third-order valence-corrected chi connectivity index (χ3v) is 3.74. The van der Waals surface area contributed by atoms with E-state index in [1.807, 2.05) is 12.1 Å². The van der Waals surface area contributed by atoms with Crippen molar-refractivity contribution in [3.05, 3.63) is 28.2 Å². The molecule has 0 aliphatic carbocycles. The molecule has 0 radical (unpaired) electrons. The maximum Gasteiger partial charge on any atom is 0.299 e. The van der Waals surface area contributed by atoms with Gasteiger partial charge >= 0.3 is 0 Å². The number of hydrogen-bond donors (Lipinski definition) is 0. The highest BCUT2D eigenvalue weighted by molar-refractivity contribution is 9.10. The molecule has 19 heavy (non-hydrogen) atoms. The van der Waals surface area contributed by atoms with Crippen LogP contribution in [0.15, 0.2) is 22.7 Å². The Morgan fingerprint density at radius 1 is 1.21 bits per heavy atom. The Morgan fingerprint density at radius 3 is 2.53 bits per heavy atom. The van der Waals surface area contributed by atoms with Crippen molar-refractivity contribution in [1.29, 1.82) is 0 Å². The van der Waals surface area contributed by atoms with E-state index >= 15 is 0 Å². The summed E-state index contributed by atoms with van der Waals surface area (Å²) in [5.41, 5.74) is 1.50. The third-order valence-electron chi connectivity index (χ3n) is 3.24. The molecule has 1 amide bonds. The van der Waals surface area contributed by atoms with Crippen molar-refractivity contribution < 1.29 is 9.59 Å². The van der Waals surface area contributed by atoms with Crippen LogP contribution >= 0.6 is 15.9 Å². The fourth-order valence-electron chi connectivity index (χ4n) is 2.26. The van der Waals surface area contributed by atoms with Crippen LogP contribution in [-0.4, -0.2) is 18.2 Å². The Kier molecular flexibility index (Phi) is 3.81. The molecule has 0 unspecified atom stereocenters. The number of amides is 1. The molecule has 1 heterocycles. The number of ketones is 1. The molecular formula is C15H18BrNO2. The largest absolute Gasteiger partial charge is 0.305 e. The molecule has 0 spiro atoms. The number of anilines is 1. The van der Waals surface area contributed by atoms with Crippen LogP contribution in [0.25, 0.3) is 0 Å². The molecule has 1 aliphatic heterocycles. The molecule has 0 bridgehead atoms. The van der Waals surface area contributed by atoms with Crippen molar-refractivity contribution in [3.8, 4) is 0 Å². The highest BCUT2D eigenvalue weighted by Crippen LogP contribution is 2.32. The number of Topliss-reactive ketones (excluding diaryl/α,β-unsaturated/α-hetero) is 1. The smallest absolute Gasteiger partial charge is 0.299 e. The van der Waals surface area contributed by atoms with Gasteiger partial charge in [-0.3, -0.25) is 9.59 Å². The molecule has 1 aromatic carbocycles. The van der Waals surface area contributed by atoms with Gasteiger partial charge in [-0.25, -0.2) is 0 Å². The summed E-state index contributed by atoms with van der Waals surface area (Å²) in [4.78, 5) is 25.5. The average Bonchev–Trinajstić information content (AvgIpc) is 2.53. The first-order valence-corrected chi connectivity index (χ1v) is 7.25. The van der Waals surface area contributed by atoms with E-state index in [4.69, 9.17) is 0 Å². The summed E-state index contributed by atoms with van der Waals surface area (Å²) >= 11 is 3.33. The van der Waals surface area contributed by atoms with Crippen molar-refractivity contribution in [1.82, 2.24) is 0 Å². The first-order valence-electron chi connectivity index (χ1n) is 6.45. The lowest BCUT2D eigenvalue weighted by atomic mass is 9.90. The van der Waals surface area contributed by atoms with E-state index < -0.39 is 11.7 Å². The molecule has 1 aromatic rings. The van der Waals surface area contributed by atoms with Crippen LogP contribution in [0, 0.1) is 5.41 Å². The Bertz CT molecular complexity index is 531. The highest BCUT2D eigenvalue weighted by atomic mass is 79.9. The van der Waals surface area contributed by atoms with Crippen LogP contribution < -0.4 is 4.90 Å². The maximum atomic E-state index is 12.0. The fraction of sp³-hybridized carbons (Fsp3) is 0.467. The molecule has 0 saturated carbocycles. The average molecular weight is 324 g/mol. The number of carbonyl (C=O) groups is 2. The Hall–Kier alpha value is -1.16. The minimum atomic E-state index is -0.401. The van der Waals surface area contributed by atoms with E-state index in [0.29, 0.717) is 12.1 Å². The summed E-state index contributed by atoms with van der Waals surface area (Å²) in [7, 11) is 0. The Balaban J connectivity index is 2.15. The lowest BCUT2D eigenvalue weighted by Gasteiger charge is -2.21. The maximum absolute atomic E-state index is 12.0. The second-order valence-electron chi connectivity index (χ2n) is 6.11. The highest BCUT2D eigenvalue weighted by Gasteiger charge is 2.35. The number of benzene rings is 1. The van der Waals surface area contributed by atoms with E-state index in [2.05, 4.69) is 36.7 Å². The normalized spacial score (nSPS) is 15.1. The molecule has 0 N–H and O–H groups in total. The van der Waals surface area contributed by atoms with E-state index in [0.717, 1.165) is 23.0 Å². The van der Waals surface area contributed by atoms with Gasteiger partial charge in [-0.05, 0) is 36.5 Å². The molecule has 0 saturated heterocycles. The van der Waals surface area contributed by atoms with Crippen LogP contribution in [0.5, 0.6) is 0 Å². The molecule has 2 rings (SSSR count). The van der Waals surface area contributed by atoms with E-state index in [-0.39, 0.29) is 5.41 Å². The first-order chi connectivity index (χ1) is 8.79. The van der Waals surface area contributed by atoms with E-state index in [1.54, 1.807) is 11.0 Å². The minimum Gasteiger partial charge on any atom is -0.305 e. The number of carbonyl (C=O) groups excluding carboxylic acids is 2. The number of hydrogen-bond acceptors (Lipinski definition) is 2. The lowest BCUT2D eigenvalue weighted by molar-refractivity contribution is -0.114. The Morgan fingerprint density at radius 2 is 1.89 bits per heavy atom. The molecule has 102 valence electrons. The topological polar surface area (TPSA) is 37.4 Å². The van der Waals surface area contributed by atoms with E-state index in [9.17, 15) is 9.59 Å². The van der Waals surface area contributed by atoms with Gasteiger partial charge in [0, 0.05) is 11.0 Å². The standard InChI is InChI=1S/C15H18BrNO2/c1-15(2,3)7-4-8-17-12-6-5-10(16)9-11(12)13(18)14(17)19/h5-6,9H,4,7-8H2,1-3H3. The monoisotopic (exact) mass is 323 g/mol. The fourth-order valence-corrected chi connectivity index (χ4v) is 2.62. The van der Waals surface area contributed by atoms with Crippen LogP contribution in [0.3, 0.4) is 0 Å². The summed E-state index contributed by atoms with van der Waals surface area (Å²) in [5, 5.41) is 0. The summed E-state index contributed by atoms with van der Waals surface area (Å²) in [5.74, 6) is -0.797. The number of halogens is 1. The number of nitrogens with zero attached hydrogens (tertiary/aromatic N) is 1. The number of rotatable bonds is 3. The molecule has 1 aliphatic rings. The van der Waals surface area contributed by atoms with Crippen molar-refractivity contribution >= 4 is 33.3 Å². The molecule has 3 nitrogen and oxygen atoms in total. The van der Waals surface area contributed by atoms with Crippen molar-refractivity contribution in [2.24, 2.45) is 5.41 Å². The second kappa shape index (κ2) is 5.08. The molecular weight excluding hydrogens is 306 g/mol. The second-order valence-corrected chi connectivity index (χ2v) is 7.03. The molecule has 0 aromatic heterocycles. The molecule has 0 fully saturated rings. The summed E-state index contributed by atoms with van der Waals surface area (Å²) in [6, 6.07) is 5.42. The van der Waals surface area contributed by atoms with Crippen LogP contribution in [0.2, 0.25) is 0 Å². The first kappa shape index (κ1) is 14.3. The van der Waals surface area contributed by atoms with Gasteiger partial charge in [-0.2, -0.15) is 0 Å². The minimum absolute atomic E-state index is 0.245. The summed E-state index contributed by atoms with van der Waals surface area (Å²) < 4.78 is 0.823. The molecule has 0 atom stereocenters. The van der Waals surface area contributed by atoms with Gasteiger partial charge in [0.1, 0.15) is 0 Å². The lowest BCUT2D eigenvalue weighted by Crippen LogP contribution is -2.31. The van der Waals surface area contributed by atoms with Crippen LogP contribution in [0.1, 0.15) is 44.0 Å². The van der Waals surface area contributed by atoms with Gasteiger partial charge in [0.15, 0.2) is 0 Å². The predicted octanol–water partition coefficient (Wildman–Crippen LogP) is 3.80. The quantitative estimate of drug-likeness (QED) is 0.793. The Labute approximate surface area is 122 Å². The van der Waals surface area contributed by atoms with Gasteiger partial charge in [-0.1, -0.05) is 36.7 Å². The van der Waals surface area contributed by atoms with Gasteiger partial charge in [0.2, 0.25) is 0 Å². The summed E-state index contributed by atoms with van der Waals surface area (Å²) in [6.45, 7) is 7.13. The van der Waals surface area contributed by atoms with Gasteiger partial charge in [0.25, 0.3) is 11.7 Å². The van der Waals surface area contributed by atoms with E-state index in [1.165, 1.54) is 0 Å². The molecule has 4 heteroatoms. The zero-order valence-electron chi connectivity index (χ0n) is 11.5. The number of fused-ring (bicyclic) bond motifs is 1. The third kappa shape index (κ3) is 3.06. The van der Waals surface area contributed by atoms with Crippen LogP contribution in [-0.2, 0) is 4.79 Å². The predicted molar refractivity (Wildman–Crippen MR) is 79.5 cm³/mol. The van der Waals surface area contributed by atoms with Gasteiger partial charge in [-0.15, -0.1) is 0 Å². The zero-order chi connectivity index (χ0) is 14.2. The van der Waals surface area contributed by atoms with Gasteiger partial charge in [0.05, 0.1) is 11.3 Å².